The van der Waals surface area contributed by atoms with E-state index in [1.54, 1.807) is 12.3 Å². The number of carbonyl (C=O) groups excluding carboxylic acids is 1. The van der Waals surface area contributed by atoms with E-state index in [0.29, 0.717) is 17.9 Å². The molecule has 0 unspecified atom stereocenters. The van der Waals surface area contributed by atoms with Crippen molar-refractivity contribution in [1.82, 2.24) is 5.43 Å². The molecule has 4 rings (SSSR count). The molecule has 0 atom stereocenters. The lowest BCUT2D eigenvalue weighted by Crippen LogP contribution is -2.18. The number of nitrogens with one attached hydrogen (secondary N) is 1. The summed E-state index contributed by atoms with van der Waals surface area (Å²) in [5.41, 5.74) is 4.99. The van der Waals surface area contributed by atoms with Gasteiger partial charge in [0, 0.05) is 15.6 Å². The molecule has 1 amide bonds. The maximum atomic E-state index is 12.7. The van der Waals surface area contributed by atoms with Gasteiger partial charge in [-0.1, -0.05) is 82.7 Å². The average molecular weight is 538 g/mol. The number of fused-ring (bicyclic) bond motifs is 1. The second-order valence-corrected chi connectivity index (χ2v) is 8.58. The molecule has 6 heteroatoms. The van der Waals surface area contributed by atoms with Crippen LogP contribution in [0.25, 0.3) is 10.8 Å². The molecule has 0 aromatic heterocycles. The summed E-state index contributed by atoms with van der Waals surface area (Å²) in [7, 11) is 0. The van der Waals surface area contributed by atoms with Gasteiger partial charge in [-0.15, -0.1) is 0 Å². The predicted molar refractivity (Wildman–Crippen MR) is 132 cm³/mol. The van der Waals surface area contributed by atoms with Crippen LogP contribution in [0.15, 0.2) is 99.0 Å². The van der Waals surface area contributed by atoms with Gasteiger partial charge in [0.15, 0.2) is 0 Å². The highest BCUT2D eigenvalue weighted by Gasteiger charge is 2.11. The van der Waals surface area contributed by atoms with E-state index in [2.05, 4.69) is 42.4 Å². The van der Waals surface area contributed by atoms with Gasteiger partial charge in [-0.2, -0.15) is 5.10 Å². The van der Waals surface area contributed by atoms with Gasteiger partial charge in [-0.3, -0.25) is 4.79 Å². The van der Waals surface area contributed by atoms with Gasteiger partial charge in [0.05, 0.1) is 10.7 Å². The van der Waals surface area contributed by atoms with Crippen molar-refractivity contribution in [1.29, 1.82) is 0 Å². The molecule has 0 saturated heterocycles. The Bertz CT molecular complexity index is 1250. The largest absolute Gasteiger partial charge is 0.487 e. The van der Waals surface area contributed by atoms with Crippen LogP contribution in [0, 0.1) is 0 Å². The Morgan fingerprint density at radius 3 is 2.52 bits per heavy atom. The second-order valence-electron chi connectivity index (χ2n) is 6.81. The molecule has 0 radical (unpaired) electrons. The quantitative estimate of drug-likeness (QED) is 0.219. The van der Waals surface area contributed by atoms with Crippen LogP contribution in [0.5, 0.6) is 5.75 Å². The third kappa shape index (κ3) is 5.21. The van der Waals surface area contributed by atoms with Gasteiger partial charge in [-0.25, -0.2) is 5.43 Å². The number of amides is 1. The van der Waals surface area contributed by atoms with Crippen molar-refractivity contribution in [2.45, 2.75) is 6.61 Å². The standard InChI is InChI=1S/C25H18Br2N2O2/c26-20-13-19(24(23(27)14-20)31-16-17-7-2-1-3-8-17)15-28-29-25(30)22-12-6-10-18-9-4-5-11-21(18)22/h1-15H,16H2,(H,29,30)/b28-15-. The molecule has 0 aliphatic heterocycles. The SMILES string of the molecule is O=C(N/N=C\c1cc(Br)cc(Br)c1OCc1ccccc1)c1cccc2ccccc12. The zero-order chi connectivity index (χ0) is 21.6. The number of benzene rings is 4. The number of carbonyl (C=O) groups is 1. The van der Waals surface area contributed by atoms with Crippen LogP contribution < -0.4 is 10.2 Å². The molecule has 1 N–H and O–H groups in total. The summed E-state index contributed by atoms with van der Waals surface area (Å²) in [6, 6.07) is 27.1. The Kier molecular flexibility index (Phi) is 6.79. The third-order valence-electron chi connectivity index (χ3n) is 4.67. The van der Waals surface area contributed by atoms with E-state index < -0.39 is 0 Å². The first-order valence-electron chi connectivity index (χ1n) is 9.59. The zero-order valence-electron chi connectivity index (χ0n) is 16.4. The highest BCUT2D eigenvalue weighted by atomic mass is 79.9. The molecule has 0 aliphatic carbocycles. The number of nitrogens with zero attached hydrogens (tertiary/aromatic N) is 1. The Labute approximate surface area is 197 Å². The number of hydrazone groups is 1. The molecule has 154 valence electrons. The van der Waals surface area contributed by atoms with Crippen LogP contribution in [0.1, 0.15) is 21.5 Å². The molecule has 0 saturated carbocycles. The number of ether oxygens (including phenoxy) is 1. The fourth-order valence-electron chi connectivity index (χ4n) is 3.20. The number of hydrogen-bond donors (Lipinski definition) is 1. The van der Waals surface area contributed by atoms with Crippen LogP contribution >= 0.6 is 31.9 Å². The van der Waals surface area contributed by atoms with Crippen molar-refractivity contribution < 1.29 is 9.53 Å². The zero-order valence-corrected chi connectivity index (χ0v) is 19.6. The Hall–Kier alpha value is -2.96. The first-order valence-corrected chi connectivity index (χ1v) is 11.2. The minimum Gasteiger partial charge on any atom is -0.487 e. The molecule has 4 aromatic rings. The van der Waals surface area contributed by atoms with Crippen LogP contribution in [0.3, 0.4) is 0 Å². The summed E-state index contributed by atoms with van der Waals surface area (Å²) >= 11 is 7.05. The Morgan fingerprint density at radius 2 is 1.68 bits per heavy atom. The van der Waals surface area contributed by atoms with Crippen LogP contribution in [0.4, 0.5) is 0 Å². The van der Waals surface area contributed by atoms with Gasteiger partial charge < -0.3 is 4.74 Å². The summed E-state index contributed by atoms with van der Waals surface area (Å²) in [6.45, 7) is 0.421. The molecule has 0 aliphatic rings. The van der Waals surface area contributed by atoms with E-state index in [0.717, 1.165) is 30.8 Å². The lowest BCUT2D eigenvalue weighted by molar-refractivity contribution is 0.0957. The maximum Gasteiger partial charge on any atom is 0.271 e. The predicted octanol–water partition coefficient (Wildman–Crippen LogP) is 6.71. The van der Waals surface area contributed by atoms with E-state index in [9.17, 15) is 4.79 Å². The van der Waals surface area contributed by atoms with Crippen molar-refractivity contribution in [2.75, 3.05) is 0 Å². The molecule has 4 nitrogen and oxygen atoms in total. The number of rotatable bonds is 6. The van der Waals surface area contributed by atoms with E-state index in [4.69, 9.17) is 4.74 Å². The number of hydrogen-bond acceptors (Lipinski definition) is 3. The highest BCUT2D eigenvalue weighted by Crippen LogP contribution is 2.32. The Balaban J connectivity index is 1.53. The minimum absolute atomic E-state index is 0.270. The van der Waals surface area contributed by atoms with E-state index in [1.165, 1.54) is 0 Å². The molecular weight excluding hydrogens is 520 g/mol. The van der Waals surface area contributed by atoms with Crippen molar-refractivity contribution in [3.8, 4) is 5.75 Å². The van der Waals surface area contributed by atoms with Crippen LogP contribution in [0.2, 0.25) is 0 Å². The summed E-state index contributed by atoms with van der Waals surface area (Å²) in [5.74, 6) is 0.379. The van der Waals surface area contributed by atoms with Crippen molar-refractivity contribution in [2.24, 2.45) is 5.10 Å². The first-order chi connectivity index (χ1) is 15.1. The lowest BCUT2D eigenvalue weighted by Gasteiger charge is -2.12. The molecule has 4 aromatic carbocycles. The van der Waals surface area contributed by atoms with Gasteiger partial charge in [0.1, 0.15) is 12.4 Å². The maximum absolute atomic E-state index is 12.7. The second kappa shape index (κ2) is 9.90. The van der Waals surface area contributed by atoms with E-state index in [1.807, 2.05) is 78.9 Å². The van der Waals surface area contributed by atoms with Gasteiger partial charge in [0.2, 0.25) is 0 Å². The topological polar surface area (TPSA) is 50.7 Å². The molecule has 0 bridgehead atoms. The van der Waals surface area contributed by atoms with Crippen LogP contribution in [-0.4, -0.2) is 12.1 Å². The molecular formula is C25H18Br2N2O2. The van der Waals surface area contributed by atoms with Gasteiger partial charge in [-0.05, 0) is 50.5 Å². The first kappa shape index (κ1) is 21.3. The molecule has 0 heterocycles. The normalized spacial score (nSPS) is 11.0. The molecule has 31 heavy (non-hydrogen) atoms. The Morgan fingerprint density at radius 1 is 0.935 bits per heavy atom. The summed E-state index contributed by atoms with van der Waals surface area (Å²) in [6.07, 6.45) is 1.58. The fourth-order valence-corrected chi connectivity index (χ4v) is 4.57. The monoisotopic (exact) mass is 536 g/mol. The van der Waals surface area contributed by atoms with Crippen LogP contribution in [-0.2, 0) is 6.61 Å². The van der Waals surface area contributed by atoms with Crippen molar-refractivity contribution >= 4 is 54.8 Å². The summed E-state index contributed by atoms with van der Waals surface area (Å²) < 4.78 is 7.70. The van der Waals surface area contributed by atoms with Gasteiger partial charge >= 0.3 is 0 Å². The fraction of sp³-hybridized carbons (Fsp3) is 0.0400. The smallest absolute Gasteiger partial charge is 0.271 e. The summed E-state index contributed by atoms with van der Waals surface area (Å²) in [4.78, 5) is 12.7. The van der Waals surface area contributed by atoms with E-state index >= 15 is 0 Å². The summed E-state index contributed by atoms with van der Waals surface area (Å²) in [5, 5.41) is 6.07. The van der Waals surface area contributed by atoms with Crippen molar-refractivity contribution in [3.05, 3.63) is 111 Å². The molecule has 0 spiro atoms. The number of halogens is 2. The van der Waals surface area contributed by atoms with Gasteiger partial charge in [0.25, 0.3) is 5.91 Å². The third-order valence-corrected chi connectivity index (χ3v) is 5.71. The minimum atomic E-state index is -0.270. The average Bonchev–Trinajstić information content (AvgIpc) is 2.78. The highest BCUT2D eigenvalue weighted by molar-refractivity contribution is 9.11. The van der Waals surface area contributed by atoms with Crippen molar-refractivity contribution in [3.63, 3.8) is 0 Å². The molecule has 0 fully saturated rings. The lowest BCUT2D eigenvalue weighted by atomic mass is 10.0. The van der Waals surface area contributed by atoms with E-state index in [-0.39, 0.29) is 5.91 Å².